The summed E-state index contributed by atoms with van der Waals surface area (Å²) in [6, 6.07) is 4.11. The Morgan fingerprint density at radius 1 is 1.38 bits per heavy atom. The minimum absolute atomic E-state index is 0.576. The van der Waals surface area contributed by atoms with Crippen LogP contribution in [0.5, 0.6) is 0 Å². The molecule has 2 aromatic rings. The first-order valence-electron chi connectivity index (χ1n) is 4.36. The van der Waals surface area contributed by atoms with Crippen molar-refractivity contribution >= 4 is 5.52 Å². The second-order valence-electron chi connectivity index (χ2n) is 3.24. The summed E-state index contributed by atoms with van der Waals surface area (Å²) >= 11 is 0. The van der Waals surface area contributed by atoms with E-state index >= 15 is 0 Å². The van der Waals surface area contributed by atoms with Crippen LogP contribution in [0.25, 0.3) is 5.52 Å². The molecule has 0 aliphatic rings. The maximum atomic E-state index is 5.56. The predicted octanol–water partition coefficient (Wildman–Crippen LogP) is 1.41. The van der Waals surface area contributed by atoms with E-state index in [4.69, 9.17) is 5.73 Å². The first kappa shape index (κ1) is 8.26. The summed E-state index contributed by atoms with van der Waals surface area (Å²) in [5.74, 6) is 1.02. The first-order chi connectivity index (χ1) is 6.22. The van der Waals surface area contributed by atoms with Gasteiger partial charge in [0.05, 0.1) is 11.2 Å². The molecule has 3 nitrogen and oxygen atoms in total. The molecule has 0 atom stereocenters. The fourth-order valence-corrected chi connectivity index (χ4v) is 1.58. The lowest BCUT2D eigenvalue weighted by Gasteiger charge is -2.00. The van der Waals surface area contributed by atoms with Crippen LogP contribution in [0.4, 0.5) is 0 Å². The Morgan fingerprint density at radius 3 is 2.85 bits per heavy atom. The summed E-state index contributed by atoms with van der Waals surface area (Å²) in [5, 5.41) is 0. The molecule has 13 heavy (non-hydrogen) atoms. The summed E-state index contributed by atoms with van der Waals surface area (Å²) in [6.07, 6.45) is 2.05. The van der Waals surface area contributed by atoms with E-state index < -0.39 is 0 Å². The Bertz CT molecular complexity index is 443. The van der Waals surface area contributed by atoms with Crippen molar-refractivity contribution in [3.05, 3.63) is 35.4 Å². The Morgan fingerprint density at radius 2 is 2.15 bits per heavy atom. The van der Waals surface area contributed by atoms with Crippen LogP contribution in [0.3, 0.4) is 0 Å². The summed E-state index contributed by atoms with van der Waals surface area (Å²) in [7, 11) is 0. The van der Waals surface area contributed by atoms with Gasteiger partial charge in [0.2, 0.25) is 0 Å². The lowest BCUT2D eigenvalue weighted by molar-refractivity contribution is 0.988. The van der Waals surface area contributed by atoms with Crippen molar-refractivity contribution in [2.75, 3.05) is 0 Å². The van der Waals surface area contributed by atoms with Crippen molar-refractivity contribution in [1.82, 2.24) is 9.38 Å². The Balaban J connectivity index is 2.76. The largest absolute Gasteiger partial charge is 0.326 e. The van der Waals surface area contributed by atoms with Gasteiger partial charge in [0.1, 0.15) is 5.82 Å². The molecule has 2 rings (SSSR count). The van der Waals surface area contributed by atoms with Gasteiger partial charge in [0.25, 0.3) is 0 Å². The van der Waals surface area contributed by atoms with Crippen LogP contribution in [0.15, 0.2) is 18.3 Å². The molecule has 0 aliphatic heterocycles. The highest BCUT2D eigenvalue weighted by molar-refractivity contribution is 5.53. The molecule has 2 heterocycles. The van der Waals surface area contributed by atoms with Gasteiger partial charge in [0.15, 0.2) is 0 Å². The van der Waals surface area contributed by atoms with Crippen LogP contribution in [0.1, 0.15) is 17.1 Å². The highest BCUT2D eigenvalue weighted by Crippen LogP contribution is 2.12. The summed E-state index contributed by atoms with van der Waals surface area (Å²) in [5.41, 5.74) is 8.93. The number of rotatable bonds is 1. The number of nitrogens with two attached hydrogens (primary N) is 1. The van der Waals surface area contributed by atoms with Crippen LogP contribution in [0, 0.1) is 13.8 Å². The van der Waals surface area contributed by atoms with E-state index in [1.807, 2.05) is 26.1 Å². The highest BCUT2D eigenvalue weighted by atomic mass is 15.0. The third kappa shape index (κ3) is 1.21. The predicted molar refractivity (Wildman–Crippen MR) is 52.6 cm³/mol. The van der Waals surface area contributed by atoms with E-state index in [-0.39, 0.29) is 0 Å². The van der Waals surface area contributed by atoms with Crippen molar-refractivity contribution in [1.29, 1.82) is 0 Å². The molecule has 0 saturated heterocycles. The zero-order valence-corrected chi connectivity index (χ0v) is 7.91. The molecule has 0 saturated carbocycles. The van der Waals surface area contributed by atoms with Crippen molar-refractivity contribution in [2.24, 2.45) is 5.73 Å². The van der Waals surface area contributed by atoms with Crippen molar-refractivity contribution in [3.63, 3.8) is 0 Å². The van der Waals surface area contributed by atoms with Gasteiger partial charge in [-0.05, 0) is 25.5 Å². The van der Waals surface area contributed by atoms with Gasteiger partial charge in [-0.25, -0.2) is 4.98 Å². The molecule has 0 spiro atoms. The molecule has 68 valence electrons. The molecule has 0 fully saturated rings. The van der Waals surface area contributed by atoms with Gasteiger partial charge in [-0.15, -0.1) is 0 Å². The third-order valence-electron chi connectivity index (χ3n) is 2.29. The van der Waals surface area contributed by atoms with Crippen molar-refractivity contribution in [3.8, 4) is 0 Å². The molecule has 2 N–H and O–H groups in total. The van der Waals surface area contributed by atoms with Crippen LogP contribution in [-0.4, -0.2) is 9.38 Å². The van der Waals surface area contributed by atoms with Gasteiger partial charge >= 0.3 is 0 Å². The lowest BCUT2D eigenvalue weighted by Crippen LogP contribution is -1.98. The smallest absolute Gasteiger partial charge is 0.110 e. The van der Waals surface area contributed by atoms with E-state index in [9.17, 15) is 0 Å². The number of aromatic nitrogens is 2. The van der Waals surface area contributed by atoms with Gasteiger partial charge in [-0.3, -0.25) is 0 Å². The molecule has 0 radical (unpaired) electrons. The van der Waals surface area contributed by atoms with Gasteiger partial charge < -0.3 is 10.1 Å². The van der Waals surface area contributed by atoms with E-state index in [1.54, 1.807) is 0 Å². The average molecular weight is 175 g/mol. The average Bonchev–Trinajstić information content (AvgIpc) is 2.42. The molecule has 0 amide bonds. The Hall–Kier alpha value is -1.35. The third-order valence-corrected chi connectivity index (χ3v) is 2.29. The standard InChI is InChI=1S/C10H13N3/c1-7-10-4-3-9(5-11)6-13(10)8(2)12-7/h3-4,6H,5,11H2,1-2H3. The monoisotopic (exact) mass is 175 g/mol. The van der Waals surface area contributed by atoms with Gasteiger partial charge in [-0.2, -0.15) is 0 Å². The van der Waals surface area contributed by atoms with Gasteiger partial charge in [-0.1, -0.05) is 6.07 Å². The second-order valence-corrected chi connectivity index (χ2v) is 3.24. The van der Waals surface area contributed by atoms with Crippen molar-refractivity contribution in [2.45, 2.75) is 20.4 Å². The summed E-state index contributed by atoms with van der Waals surface area (Å²) in [6.45, 7) is 4.59. The molecule has 0 aromatic carbocycles. The van der Waals surface area contributed by atoms with E-state index in [0.29, 0.717) is 6.54 Å². The molecule has 2 aromatic heterocycles. The Kier molecular flexibility index (Phi) is 1.81. The minimum Gasteiger partial charge on any atom is -0.326 e. The molecule has 3 heteroatoms. The number of pyridine rings is 1. The van der Waals surface area contributed by atoms with Crippen LogP contribution < -0.4 is 5.73 Å². The molecular formula is C10H13N3. The van der Waals surface area contributed by atoms with Gasteiger partial charge in [0, 0.05) is 12.7 Å². The topological polar surface area (TPSA) is 43.3 Å². The fourth-order valence-electron chi connectivity index (χ4n) is 1.58. The highest BCUT2D eigenvalue weighted by Gasteiger charge is 2.03. The fraction of sp³-hybridized carbons (Fsp3) is 0.300. The van der Waals surface area contributed by atoms with Crippen LogP contribution in [-0.2, 0) is 6.54 Å². The second kappa shape index (κ2) is 2.85. The maximum absolute atomic E-state index is 5.56. The van der Waals surface area contributed by atoms with Crippen molar-refractivity contribution < 1.29 is 0 Å². The normalized spacial score (nSPS) is 11.0. The van der Waals surface area contributed by atoms with E-state index in [1.165, 1.54) is 0 Å². The lowest BCUT2D eigenvalue weighted by atomic mass is 10.2. The number of hydrogen-bond acceptors (Lipinski definition) is 2. The number of nitrogens with zero attached hydrogens (tertiary/aromatic N) is 2. The van der Waals surface area contributed by atoms with Crippen LogP contribution in [0.2, 0.25) is 0 Å². The number of imidazole rings is 1. The zero-order chi connectivity index (χ0) is 9.42. The van der Waals surface area contributed by atoms with Crippen LogP contribution >= 0.6 is 0 Å². The zero-order valence-electron chi connectivity index (χ0n) is 7.91. The number of hydrogen-bond donors (Lipinski definition) is 1. The summed E-state index contributed by atoms with van der Waals surface area (Å²) in [4.78, 5) is 4.39. The number of fused-ring (bicyclic) bond motifs is 1. The quantitative estimate of drug-likeness (QED) is 0.712. The molecule has 0 unspecified atom stereocenters. The SMILES string of the molecule is Cc1nc(C)n2cc(CN)ccc12. The maximum Gasteiger partial charge on any atom is 0.110 e. The Labute approximate surface area is 77.2 Å². The molecular weight excluding hydrogens is 162 g/mol. The molecule has 0 bridgehead atoms. The van der Waals surface area contributed by atoms with E-state index in [0.717, 1.165) is 22.6 Å². The molecule has 0 aliphatic carbocycles. The minimum atomic E-state index is 0.576. The van der Waals surface area contributed by atoms with E-state index in [2.05, 4.69) is 15.5 Å². The summed E-state index contributed by atoms with van der Waals surface area (Å²) < 4.78 is 2.08. The number of aryl methyl sites for hydroxylation is 2. The first-order valence-corrected chi connectivity index (χ1v) is 4.36.